The highest BCUT2D eigenvalue weighted by Gasteiger charge is 2.22. The number of nitrogens with one attached hydrogen (secondary N) is 1. The number of aromatic nitrogens is 1. The number of rotatable bonds is 9. The monoisotopic (exact) mass is 454 g/mol. The second kappa shape index (κ2) is 10.0. The number of methoxy groups -OCH3 is 1. The second-order valence-corrected chi connectivity index (χ2v) is 7.97. The number of thiazole rings is 1. The summed E-state index contributed by atoms with van der Waals surface area (Å²) in [5.74, 6) is 0.196. The predicted octanol–water partition coefficient (Wildman–Crippen LogP) is 4.90. The van der Waals surface area contributed by atoms with Crippen LogP contribution in [0, 0.1) is 24.0 Å². The van der Waals surface area contributed by atoms with Crippen molar-refractivity contribution in [2.24, 2.45) is 5.10 Å². The number of hydrogen-bond acceptors (Lipinski definition) is 9. The number of hydrazone groups is 1. The molecule has 0 aliphatic heterocycles. The zero-order chi connectivity index (χ0) is 23.3. The lowest BCUT2D eigenvalue weighted by atomic mass is 10.1. The first-order valence-electron chi connectivity index (χ1n) is 9.60. The molecule has 0 amide bonds. The van der Waals surface area contributed by atoms with Gasteiger partial charge in [0.25, 0.3) is 0 Å². The van der Waals surface area contributed by atoms with Crippen molar-refractivity contribution >= 4 is 34.2 Å². The van der Waals surface area contributed by atoms with Gasteiger partial charge in [0.2, 0.25) is 10.9 Å². The zero-order valence-electron chi connectivity index (χ0n) is 18.0. The highest BCUT2D eigenvalue weighted by atomic mass is 32.1. The standard InChI is InChI=1S/C22H22N4O5S/c1-13-6-5-7-16(8-13)12-31-20-18(26(28)29)9-17(10-19(20)30-4)11-23-25-22-24-14(2)21(32-22)15(3)27/h5-11H,12H2,1-4H3,(H,24,25)/b23-11-. The van der Waals surface area contributed by atoms with Crippen LogP contribution in [-0.4, -0.2) is 29.0 Å². The fourth-order valence-corrected chi connectivity index (χ4v) is 3.82. The molecule has 0 spiro atoms. The minimum atomic E-state index is -0.526. The van der Waals surface area contributed by atoms with Gasteiger partial charge in [-0.2, -0.15) is 5.10 Å². The lowest BCUT2D eigenvalue weighted by Crippen LogP contribution is -2.03. The molecule has 0 atom stereocenters. The molecule has 0 bridgehead atoms. The third kappa shape index (κ3) is 5.46. The van der Waals surface area contributed by atoms with Gasteiger partial charge in [-0.1, -0.05) is 41.2 Å². The number of Topliss-reactive ketones (excluding diaryl/α,β-unsaturated/α-hetero) is 1. The summed E-state index contributed by atoms with van der Waals surface area (Å²) in [7, 11) is 1.42. The maximum atomic E-state index is 11.7. The maximum absolute atomic E-state index is 11.7. The lowest BCUT2D eigenvalue weighted by Gasteiger charge is -2.12. The average molecular weight is 455 g/mol. The van der Waals surface area contributed by atoms with E-state index in [0.29, 0.717) is 21.3 Å². The van der Waals surface area contributed by atoms with Gasteiger partial charge in [-0.3, -0.25) is 20.3 Å². The van der Waals surface area contributed by atoms with Gasteiger partial charge < -0.3 is 9.47 Å². The van der Waals surface area contributed by atoms with Crippen LogP contribution >= 0.6 is 11.3 Å². The normalized spacial score (nSPS) is 10.9. The van der Waals surface area contributed by atoms with E-state index in [1.54, 1.807) is 13.0 Å². The van der Waals surface area contributed by atoms with Gasteiger partial charge in [0.05, 0.1) is 28.8 Å². The lowest BCUT2D eigenvalue weighted by molar-refractivity contribution is -0.386. The summed E-state index contributed by atoms with van der Waals surface area (Å²) in [6.07, 6.45) is 1.41. The highest BCUT2D eigenvalue weighted by molar-refractivity contribution is 7.17. The number of hydrogen-bond donors (Lipinski definition) is 1. The topological polar surface area (TPSA) is 116 Å². The molecule has 0 unspecified atom stereocenters. The summed E-state index contributed by atoms with van der Waals surface area (Å²) in [5, 5.41) is 16.2. The summed E-state index contributed by atoms with van der Waals surface area (Å²) < 4.78 is 11.1. The molecule has 0 saturated carbocycles. The second-order valence-electron chi connectivity index (χ2n) is 6.97. The van der Waals surface area contributed by atoms with Crippen LogP contribution in [0.5, 0.6) is 11.5 Å². The Kier molecular flexibility index (Phi) is 7.16. The van der Waals surface area contributed by atoms with Crippen LogP contribution in [0.3, 0.4) is 0 Å². The third-order valence-corrected chi connectivity index (χ3v) is 5.59. The molecule has 1 heterocycles. The molecule has 1 N–H and O–H groups in total. The van der Waals surface area contributed by atoms with E-state index in [-0.39, 0.29) is 29.6 Å². The first-order chi connectivity index (χ1) is 15.3. The quantitative estimate of drug-likeness (QED) is 0.211. The summed E-state index contributed by atoms with van der Waals surface area (Å²) in [6, 6.07) is 10.6. The molecule has 3 rings (SSSR count). The molecule has 166 valence electrons. The van der Waals surface area contributed by atoms with Crippen LogP contribution in [0.15, 0.2) is 41.5 Å². The SMILES string of the molecule is COc1cc(/C=N\Nc2nc(C)c(C(C)=O)s2)cc([N+](=O)[O-])c1OCc1cccc(C)c1. The van der Waals surface area contributed by atoms with Crippen molar-refractivity contribution in [3.63, 3.8) is 0 Å². The Morgan fingerprint density at radius 3 is 2.72 bits per heavy atom. The number of carbonyl (C=O) groups is 1. The third-order valence-electron chi connectivity index (χ3n) is 4.43. The molecule has 10 heteroatoms. The minimum Gasteiger partial charge on any atom is -0.493 e. The number of nitro benzene ring substituents is 1. The summed E-state index contributed by atoms with van der Waals surface area (Å²) in [6.45, 7) is 5.34. The van der Waals surface area contributed by atoms with Crippen LogP contribution in [0.2, 0.25) is 0 Å². The predicted molar refractivity (Wildman–Crippen MR) is 123 cm³/mol. The molecule has 0 aliphatic rings. The molecule has 0 saturated heterocycles. The smallest absolute Gasteiger partial charge is 0.315 e. The van der Waals surface area contributed by atoms with E-state index in [2.05, 4.69) is 15.5 Å². The van der Waals surface area contributed by atoms with Gasteiger partial charge in [0.15, 0.2) is 11.5 Å². The van der Waals surface area contributed by atoms with E-state index in [9.17, 15) is 14.9 Å². The molecule has 0 fully saturated rings. The molecule has 0 radical (unpaired) electrons. The molecule has 32 heavy (non-hydrogen) atoms. The molecular weight excluding hydrogens is 432 g/mol. The minimum absolute atomic E-state index is 0.0470. The van der Waals surface area contributed by atoms with E-state index in [1.165, 1.54) is 37.7 Å². The number of anilines is 1. The van der Waals surface area contributed by atoms with Crippen LogP contribution in [0.1, 0.15) is 39.0 Å². The molecule has 2 aromatic carbocycles. The van der Waals surface area contributed by atoms with E-state index >= 15 is 0 Å². The van der Waals surface area contributed by atoms with Crippen molar-refractivity contribution in [1.82, 2.24) is 4.98 Å². The highest BCUT2D eigenvalue weighted by Crippen LogP contribution is 2.38. The van der Waals surface area contributed by atoms with Crippen molar-refractivity contribution in [3.05, 3.63) is 73.8 Å². The van der Waals surface area contributed by atoms with E-state index in [1.807, 2.05) is 31.2 Å². The van der Waals surface area contributed by atoms with Gasteiger partial charge in [0.1, 0.15) is 6.61 Å². The summed E-state index contributed by atoms with van der Waals surface area (Å²) >= 11 is 1.19. The number of nitrogens with zero attached hydrogens (tertiary/aromatic N) is 3. The Bertz CT molecular complexity index is 1190. The van der Waals surface area contributed by atoms with Gasteiger partial charge in [-0.25, -0.2) is 4.98 Å². The maximum Gasteiger partial charge on any atom is 0.315 e. The first-order valence-corrected chi connectivity index (χ1v) is 10.4. The number of ketones is 1. The van der Waals surface area contributed by atoms with Crippen LogP contribution in [0.25, 0.3) is 0 Å². The van der Waals surface area contributed by atoms with Gasteiger partial charge in [-0.05, 0) is 25.5 Å². The molecular formula is C22H22N4O5S. The van der Waals surface area contributed by atoms with Crippen LogP contribution in [-0.2, 0) is 6.61 Å². The van der Waals surface area contributed by atoms with Crippen molar-refractivity contribution in [3.8, 4) is 11.5 Å². The van der Waals surface area contributed by atoms with Gasteiger partial charge in [0, 0.05) is 18.6 Å². The van der Waals surface area contributed by atoms with E-state index < -0.39 is 4.92 Å². The zero-order valence-corrected chi connectivity index (χ0v) is 18.9. The number of aryl methyl sites for hydroxylation is 2. The Hall–Kier alpha value is -3.79. The van der Waals surface area contributed by atoms with Crippen molar-refractivity contribution in [2.75, 3.05) is 12.5 Å². The summed E-state index contributed by atoms with van der Waals surface area (Å²) in [5.41, 5.74) is 5.52. The van der Waals surface area contributed by atoms with Crippen molar-refractivity contribution in [2.45, 2.75) is 27.4 Å². The molecule has 9 nitrogen and oxygen atoms in total. The van der Waals surface area contributed by atoms with E-state index in [0.717, 1.165) is 11.1 Å². The number of nitro groups is 1. The first kappa shape index (κ1) is 22.9. The Balaban J connectivity index is 1.82. The van der Waals surface area contributed by atoms with Crippen molar-refractivity contribution < 1.29 is 19.2 Å². The number of carbonyl (C=O) groups excluding carboxylic acids is 1. The Labute approximate surface area is 188 Å². The Morgan fingerprint density at radius 1 is 1.31 bits per heavy atom. The number of benzene rings is 2. The molecule has 1 aromatic heterocycles. The van der Waals surface area contributed by atoms with Crippen LogP contribution < -0.4 is 14.9 Å². The van der Waals surface area contributed by atoms with Gasteiger partial charge >= 0.3 is 5.69 Å². The fraction of sp³-hybridized carbons (Fsp3) is 0.227. The van der Waals surface area contributed by atoms with Gasteiger partial charge in [-0.15, -0.1) is 0 Å². The average Bonchev–Trinajstić information content (AvgIpc) is 3.12. The van der Waals surface area contributed by atoms with E-state index in [4.69, 9.17) is 9.47 Å². The Morgan fingerprint density at radius 2 is 2.09 bits per heavy atom. The molecule has 0 aliphatic carbocycles. The fourth-order valence-electron chi connectivity index (χ4n) is 3.01. The summed E-state index contributed by atoms with van der Waals surface area (Å²) in [4.78, 5) is 27.5. The largest absolute Gasteiger partial charge is 0.493 e. The van der Waals surface area contributed by atoms with Crippen LogP contribution in [0.4, 0.5) is 10.8 Å². The van der Waals surface area contributed by atoms with Crippen molar-refractivity contribution in [1.29, 1.82) is 0 Å². The number of ether oxygens (including phenoxy) is 2. The molecule has 3 aromatic rings.